The Hall–Kier alpha value is -0.790. The molecule has 0 aliphatic heterocycles. The van der Waals surface area contributed by atoms with Crippen molar-refractivity contribution >= 4 is 5.97 Å². The standard InChI is InChI=1S/C10H18.C2H4O2/c1-8(2)10-6-4-9(3)5-7-10;1-2(3)4/h4,8,10H,5-7H2,1-3H3;1H3,(H,3,4). The summed E-state index contributed by atoms with van der Waals surface area (Å²) in [5.74, 6) is 1.01. The van der Waals surface area contributed by atoms with Gasteiger partial charge in [0.05, 0.1) is 0 Å². The topological polar surface area (TPSA) is 37.3 Å². The number of aliphatic carboxylic acids is 1. The lowest BCUT2D eigenvalue weighted by atomic mass is 9.83. The van der Waals surface area contributed by atoms with E-state index >= 15 is 0 Å². The van der Waals surface area contributed by atoms with Gasteiger partial charge in [-0.05, 0) is 38.0 Å². The lowest BCUT2D eigenvalue weighted by molar-refractivity contribution is -0.134. The van der Waals surface area contributed by atoms with Crippen molar-refractivity contribution in [1.82, 2.24) is 0 Å². The van der Waals surface area contributed by atoms with Crippen LogP contribution >= 0.6 is 0 Å². The molecule has 0 spiro atoms. The zero-order valence-corrected chi connectivity index (χ0v) is 9.71. The fraction of sp³-hybridized carbons (Fsp3) is 0.750. The number of carboxylic acids is 1. The van der Waals surface area contributed by atoms with Crippen LogP contribution in [0.5, 0.6) is 0 Å². The van der Waals surface area contributed by atoms with Gasteiger partial charge in [0.2, 0.25) is 0 Å². The molecular formula is C12H22O2. The van der Waals surface area contributed by atoms with E-state index in [9.17, 15) is 0 Å². The van der Waals surface area contributed by atoms with Crippen molar-refractivity contribution in [3.05, 3.63) is 11.6 Å². The average Bonchev–Trinajstić information content (AvgIpc) is 2.03. The van der Waals surface area contributed by atoms with E-state index in [-0.39, 0.29) is 0 Å². The van der Waals surface area contributed by atoms with Crippen LogP contribution in [-0.2, 0) is 4.79 Å². The lowest BCUT2D eigenvalue weighted by Crippen LogP contribution is -2.10. The summed E-state index contributed by atoms with van der Waals surface area (Å²) in [4.78, 5) is 9.00. The van der Waals surface area contributed by atoms with Crippen LogP contribution in [0.1, 0.15) is 47.0 Å². The molecule has 0 aromatic rings. The van der Waals surface area contributed by atoms with Crippen LogP contribution in [0, 0.1) is 11.8 Å². The van der Waals surface area contributed by atoms with E-state index in [2.05, 4.69) is 26.8 Å². The second kappa shape index (κ2) is 6.63. The van der Waals surface area contributed by atoms with Crippen molar-refractivity contribution < 1.29 is 9.90 Å². The van der Waals surface area contributed by atoms with Crippen LogP contribution in [0.15, 0.2) is 11.6 Å². The highest BCUT2D eigenvalue weighted by molar-refractivity contribution is 5.62. The van der Waals surface area contributed by atoms with E-state index in [4.69, 9.17) is 9.90 Å². The van der Waals surface area contributed by atoms with Gasteiger partial charge in [-0.2, -0.15) is 0 Å². The van der Waals surface area contributed by atoms with Gasteiger partial charge < -0.3 is 5.11 Å². The number of carbonyl (C=O) groups is 1. The zero-order valence-electron chi connectivity index (χ0n) is 9.71. The summed E-state index contributed by atoms with van der Waals surface area (Å²) in [6.07, 6.45) is 6.49. The maximum atomic E-state index is 9.00. The Morgan fingerprint density at radius 2 is 2.07 bits per heavy atom. The van der Waals surface area contributed by atoms with Gasteiger partial charge in [-0.3, -0.25) is 4.79 Å². The predicted molar refractivity (Wildman–Crippen MR) is 59.2 cm³/mol. The van der Waals surface area contributed by atoms with Crippen molar-refractivity contribution in [2.45, 2.75) is 47.0 Å². The summed E-state index contributed by atoms with van der Waals surface area (Å²) < 4.78 is 0. The third-order valence-corrected chi connectivity index (χ3v) is 2.62. The summed E-state index contributed by atoms with van der Waals surface area (Å²) in [6, 6.07) is 0. The molecule has 1 aliphatic rings. The summed E-state index contributed by atoms with van der Waals surface area (Å²) in [6.45, 7) is 7.99. The van der Waals surface area contributed by atoms with Gasteiger partial charge in [-0.1, -0.05) is 25.5 Å². The van der Waals surface area contributed by atoms with Crippen molar-refractivity contribution in [3.63, 3.8) is 0 Å². The Morgan fingerprint density at radius 3 is 2.36 bits per heavy atom. The highest BCUT2D eigenvalue weighted by Gasteiger charge is 2.14. The molecule has 0 aromatic heterocycles. The molecule has 0 saturated heterocycles. The Kier molecular flexibility index (Phi) is 6.26. The maximum absolute atomic E-state index is 9.00. The van der Waals surface area contributed by atoms with Crippen molar-refractivity contribution in [2.75, 3.05) is 0 Å². The van der Waals surface area contributed by atoms with Gasteiger partial charge in [0.15, 0.2) is 0 Å². The highest BCUT2D eigenvalue weighted by Crippen LogP contribution is 2.28. The summed E-state index contributed by atoms with van der Waals surface area (Å²) in [7, 11) is 0. The molecule has 2 heteroatoms. The molecule has 1 aliphatic carbocycles. The van der Waals surface area contributed by atoms with Crippen LogP contribution in [0.3, 0.4) is 0 Å². The monoisotopic (exact) mass is 198 g/mol. The first-order chi connectivity index (χ1) is 6.43. The molecular weight excluding hydrogens is 176 g/mol. The number of rotatable bonds is 1. The lowest BCUT2D eigenvalue weighted by Gasteiger charge is -2.23. The van der Waals surface area contributed by atoms with Crippen molar-refractivity contribution in [2.24, 2.45) is 11.8 Å². The largest absolute Gasteiger partial charge is 0.481 e. The minimum Gasteiger partial charge on any atom is -0.481 e. The van der Waals surface area contributed by atoms with E-state index in [1.165, 1.54) is 19.3 Å². The Labute approximate surface area is 87.0 Å². The molecule has 1 unspecified atom stereocenters. The summed E-state index contributed by atoms with van der Waals surface area (Å²) >= 11 is 0. The van der Waals surface area contributed by atoms with Crippen molar-refractivity contribution in [3.8, 4) is 0 Å². The molecule has 0 radical (unpaired) electrons. The average molecular weight is 198 g/mol. The fourth-order valence-corrected chi connectivity index (χ4v) is 1.59. The van der Waals surface area contributed by atoms with Gasteiger partial charge in [0.1, 0.15) is 0 Å². The Balaban J connectivity index is 0.000000364. The van der Waals surface area contributed by atoms with Gasteiger partial charge >= 0.3 is 0 Å². The van der Waals surface area contributed by atoms with Crippen molar-refractivity contribution in [1.29, 1.82) is 0 Å². The quantitative estimate of drug-likeness (QED) is 0.655. The van der Waals surface area contributed by atoms with Crippen LogP contribution in [-0.4, -0.2) is 11.1 Å². The third-order valence-electron chi connectivity index (χ3n) is 2.62. The summed E-state index contributed by atoms with van der Waals surface area (Å²) in [5.41, 5.74) is 1.59. The van der Waals surface area contributed by atoms with E-state index < -0.39 is 5.97 Å². The minimum absolute atomic E-state index is 0.833. The van der Waals surface area contributed by atoms with Gasteiger partial charge in [-0.15, -0.1) is 0 Å². The molecule has 0 fully saturated rings. The molecule has 0 bridgehead atoms. The summed E-state index contributed by atoms with van der Waals surface area (Å²) in [5, 5.41) is 7.42. The third kappa shape index (κ3) is 6.70. The van der Waals surface area contributed by atoms with Crippen LogP contribution in [0.4, 0.5) is 0 Å². The number of carboxylic acid groups (broad SMARTS) is 1. The molecule has 1 N–H and O–H groups in total. The first-order valence-electron chi connectivity index (χ1n) is 5.28. The second-order valence-electron chi connectivity index (χ2n) is 4.35. The highest BCUT2D eigenvalue weighted by atomic mass is 16.4. The molecule has 0 amide bonds. The number of hydrogen-bond acceptors (Lipinski definition) is 1. The first kappa shape index (κ1) is 13.2. The van der Waals surface area contributed by atoms with E-state index in [1.54, 1.807) is 5.57 Å². The predicted octanol–water partition coefficient (Wildman–Crippen LogP) is 3.48. The Morgan fingerprint density at radius 1 is 1.57 bits per heavy atom. The fourth-order valence-electron chi connectivity index (χ4n) is 1.59. The first-order valence-corrected chi connectivity index (χ1v) is 5.28. The molecule has 1 rings (SSSR count). The smallest absolute Gasteiger partial charge is 0.300 e. The molecule has 1 atom stereocenters. The molecule has 14 heavy (non-hydrogen) atoms. The molecule has 0 saturated carbocycles. The normalized spacial score (nSPS) is 20.9. The molecule has 0 aromatic carbocycles. The van der Waals surface area contributed by atoms with E-state index in [1.807, 2.05) is 0 Å². The number of allylic oxidation sites excluding steroid dienone is 2. The van der Waals surface area contributed by atoms with Crippen LogP contribution < -0.4 is 0 Å². The SMILES string of the molecule is CC(=O)O.CC1=CCC(C(C)C)CC1. The zero-order chi connectivity index (χ0) is 11.1. The van der Waals surface area contributed by atoms with Gasteiger partial charge in [0.25, 0.3) is 5.97 Å². The second-order valence-corrected chi connectivity index (χ2v) is 4.35. The van der Waals surface area contributed by atoms with E-state index in [0.717, 1.165) is 18.8 Å². The molecule has 0 heterocycles. The number of hydrogen-bond donors (Lipinski definition) is 1. The van der Waals surface area contributed by atoms with Crippen LogP contribution in [0.25, 0.3) is 0 Å². The van der Waals surface area contributed by atoms with Crippen LogP contribution in [0.2, 0.25) is 0 Å². The Bertz CT molecular complexity index is 200. The van der Waals surface area contributed by atoms with E-state index in [0.29, 0.717) is 0 Å². The molecule has 2 nitrogen and oxygen atoms in total. The minimum atomic E-state index is -0.833. The van der Waals surface area contributed by atoms with Gasteiger partial charge in [-0.25, -0.2) is 0 Å². The molecule has 82 valence electrons. The van der Waals surface area contributed by atoms with Gasteiger partial charge in [0, 0.05) is 6.92 Å². The maximum Gasteiger partial charge on any atom is 0.300 e.